The molecular formula is C17H20Cl2N6O2. The van der Waals surface area contributed by atoms with E-state index < -0.39 is 12.0 Å². The zero-order valence-electron chi connectivity index (χ0n) is 14.2. The summed E-state index contributed by atoms with van der Waals surface area (Å²) in [5, 5.41) is 17.3. The summed E-state index contributed by atoms with van der Waals surface area (Å²) in [4.78, 5) is 15.0. The molecule has 0 aliphatic carbocycles. The third-order valence-electron chi connectivity index (χ3n) is 3.78. The standard InChI is InChI=1S/C17H18N6O2.2ClH/c18-8-11-1-3-12(4-2-11)15-5-6-16(22-21-15)23-9-13(20-10-23)7-14(19)17(24)25;;/h1-6,9-10,14H,7-8,18-19H2,(H,24,25);2*1H. The van der Waals surface area contributed by atoms with Crippen molar-refractivity contribution in [2.45, 2.75) is 19.0 Å². The lowest BCUT2D eigenvalue weighted by molar-refractivity contribution is -0.138. The number of carboxylic acid groups (broad SMARTS) is 1. The maximum Gasteiger partial charge on any atom is 0.320 e. The van der Waals surface area contributed by atoms with Gasteiger partial charge in [-0.3, -0.25) is 9.36 Å². The fraction of sp³-hybridized carbons (Fsp3) is 0.176. The van der Waals surface area contributed by atoms with Crippen molar-refractivity contribution in [2.75, 3.05) is 0 Å². The smallest absolute Gasteiger partial charge is 0.320 e. The van der Waals surface area contributed by atoms with Gasteiger partial charge in [-0.05, 0) is 17.7 Å². The third-order valence-corrected chi connectivity index (χ3v) is 3.78. The lowest BCUT2D eigenvalue weighted by atomic mass is 10.1. The van der Waals surface area contributed by atoms with Gasteiger partial charge >= 0.3 is 5.97 Å². The summed E-state index contributed by atoms with van der Waals surface area (Å²) in [5.74, 6) is -0.468. The first-order valence-corrected chi connectivity index (χ1v) is 7.71. The van der Waals surface area contributed by atoms with Crippen LogP contribution in [0.4, 0.5) is 0 Å². The van der Waals surface area contributed by atoms with Crippen molar-refractivity contribution in [3.05, 3.63) is 60.2 Å². The molecule has 0 bridgehead atoms. The highest BCUT2D eigenvalue weighted by atomic mass is 35.5. The Labute approximate surface area is 168 Å². The van der Waals surface area contributed by atoms with Crippen LogP contribution in [0.15, 0.2) is 48.9 Å². The van der Waals surface area contributed by atoms with Gasteiger partial charge in [0, 0.05) is 24.7 Å². The minimum absolute atomic E-state index is 0. The average molecular weight is 411 g/mol. The highest BCUT2D eigenvalue weighted by Gasteiger charge is 2.14. The number of nitrogens with two attached hydrogens (primary N) is 2. The lowest BCUT2D eigenvalue weighted by Crippen LogP contribution is -2.32. The van der Waals surface area contributed by atoms with Crippen LogP contribution < -0.4 is 11.5 Å². The molecule has 0 saturated heterocycles. The number of rotatable bonds is 6. The van der Waals surface area contributed by atoms with Gasteiger partial charge in [0.2, 0.25) is 0 Å². The van der Waals surface area contributed by atoms with Gasteiger partial charge in [0.1, 0.15) is 12.4 Å². The van der Waals surface area contributed by atoms with E-state index in [1.165, 1.54) is 0 Å². The summed E-state index contributed by atoms with van der Waals surface area (Å²) in [5.41, 5.74) is 14.5. The highest BCUT2D eigenvalue weighted by Crippen LogP contribution is 2.17. The lowest BCUT2D eigenvalue weighted by Gasteiger charge is -2.04. The Morgan fingerprint density at radius 3 is 2.37 bits per heavy atom. The van der Waals surface area contributed by atoms with E-state index >= 15 is 0 Å². The molecule has 10 heteroatoms. The Kier molecular flexibility index (Phi) is 8.32. The quantitative estimate of drug-likeness (QED) is 0.561. The Morgan fingerprint density at radius 2 is 1.81 bits per heavy atom. The molecule has 5 N–H and O–H groups in total. The van der Waals surface area contributed by atoms with Crippen molar-refractivity contribution in [2.24, 2.45) is 11.5 Å². The molecule has 2 heterocycles. The number of halogens is 2. The molecule has 0 radical (unpaired) electrons. The van der Waals surface area contributed by atoms with Crippen LogP contribution in [0, 0.1) is 0 Å². The molecule has 2 aromatic heterocycles. The largest absolute Gasteiger partial charge is 0.480 e. The monoisotopic (exact) mass is 410 g/mol. The number of nitrogens with zero attached hydrogens (tertiary/aromatic N) is 4. The van der Waals surface area contributed by atoms with E-state index in [0.717, 1.165) is 16.8 Å². The Hall–Kier alpha value is -2.52. The maximum absolute atomic E-state index is 10.8. The summed E-state index contributed by atoms with van der Waals surface area (Å²) in [6.45, 7) is 0.499. The predicted octanol–water partition coefficient (Wildman–Crippen LogP) is 1.59. The number of imidazole rings is 1. The highest BCUT2D eigenvalue weighted by molar-refractivity contribution is 5.85. The molecule has 0 amide bonds. The zero-order chi connectivity index (χ0) is 17.8. The molecule has 1 atom stereocenters. The van der Waals surface area contributed by atoms with Gasteiger partial charge in [-0.15, -0.1) is 35.0 Å². The van der Waals surface area contributed by atoms with E-state index in [-0.39, 0.29) is 31.2 Å². The van der Waals surface area contributed by atoms with E-state index in [4.69, 9.17) is 16.6 Å². The number of hydrogen-bond acceptors (Lipinski definition) is 6. The molecule has 0 fully saturated rings. The molecule has 0 aliphatic rings. The van der Waals surface area contributed by atoms with Crippen LogP contribution in [-0.4, -0.2) is 36.9 Å². The van der Waals surface area contributed by atoms with Gasteiger partial charge in [-0.2, -0.15) is 0 Å². The van der Waals surface area contributed by atoms with Crippen molar-refractivity contribution in [1.82, 2.24) is 19.7 Å². The van der Waals surface area contributed by atoms with E-state index in [1.54, 1.807) is 17.1 Å². The maximum atomic E-state index is 10.8. The summed E-state index contributed by atoms with van der Waals surface area (Å²) in [6, 6.07) is 10.5. The minimum Gasteiger partial charge on any atom is -0.480 e. The number of carboxylic acids is 1. The van der Waals surface area contributed by atoms with Crippen molar-refractivity contribution >= 4 is 30.8 Å². The SMILES string of the molecule is Cl.Cl.NCc1ccc(-c2ccc(-n3cnc(CC(N)C(=O)O)c3)nn2)cc1. The molecule has 0 saturated carbocycles. The van der Waals surface area contributed by atoms with E-state index in [2.05, 4.69) is 15.2 Å². The number of hydrogen-bond donors (Lipinski definition) is 3. The molecule has 8 nitrogen and oxygen atoms in total. The molecule has 3 rings (SSSR count). The number of aromatic nitrogens is 4. The summed E-state index contributed by atoms with van der Waals surface area (Å²) < 4.78 is 1.68. The fourth-order valence-electron chi connectivity index (χ4n) is 2.34. The Bertz CT molecular complexity index is 868. The molecule has 144 valence electrons. The topological polar surface area (TPSA) is 133 Å². The second-order valence-corrected chi connectivity index (χ2v) is 5.60. The predicted molar refractivity (Wildman–Crippen MR) is 106 cm³/mol. The van der Waals surface area contributed by atoms with E-state index in [0.29, 0.717) is 18.1 Å². The van der Waals surface area contributed by atoms with Gasteiger partial charge in [-0.1, -0.05) is 24.3 Å². The van der Waals surface area contributed by atoms with Crippen LogP contribution in [0.3, 0.4) is 0 Å². The molecule has 1 aromatic carbocycles. The van der Waals surface area contributed by atoms with E-state index in [1.807, 2.05) is 36.4 Å². The molecule has 0 aliphatic heterocycles. The Morgan fingerprint density at radius 1 is 1.11 bits per heavy atom. The van der Waals surface area contributed by atoms with Gasteiger partial charge < -0.3 is 16.6 Å². The van der Waals surface area contributed by atoms with Gasteiger partial charge in [0.05, 0.1) is 11.4 Å². The van der Waals surface area contributed by atoms with Crippen LogP contribution in [0.2, 0.25) is 0 Å². The van der Waals surface area contributed by atoms with Crippen molar-refractivity contribution in [3.63, 3.8) is 0 Å². The van der Waals surface area contributed by atoms with Gasteiger partial charge in [0.15, 0.2) is 5.82 Å². The minimum atomic E-state index is -1.06. The van der Waals surface area contributed by atoms with Crippen LogP contribution in [0.5, 0.6) is 0 Å². The molecule has 27 heavy (non-hydrogen) atoms. The van der Waals surface area contributed by atoms with E-state index in [9.17, 15) is 4.79 Å². The summed E-state index contributed by atoms with van der Waals surface area (Å²) >= 11 is 0. The normalized spacial score (nSPS) is 11.2. The summed E-state index contributed by atoms with van der Waals surface area (Å²) in [6.07, 6.45) is 3.41. The van der Waals surface area contributed by atoms with Crippen LogP contribution in [0.1, 0.15) is 11.3 Å². The van der Waals surface area contributed by atoms with Crippen LogP contribution >= 0.6 is 24.8 Å². The molecule has 3 aromatic rings. The van der Waals surface area contributed by atoms with Crippen molar-refractivity contribution < 1.29 is 9.90 Å². The Balaban J connectivity index is 0.00000182. The number of benzene rings is 1. The second-order valence-electron chi connectivity index (χ2n) is 5.60. The second kappa shape index (κ2) is 9.98. The molecule has 0 spiro atoms. The van der Waals surface area contributed by atoms with Gasteiger partial charge in [-0.25, -0.2) is 4.98 Å². The summed E-state index contributed by atoms with van der Waals surface area (Å²) in [7, 11) is 0. The first-order chi connectivity index (χ1) is 12.1. The average Bonchev–Trinajstić information content (AvgIpc) is 3.10. The van der Waals surface area contributed by atoms with Crippen LogP contribution in [-0.2, 0) is 17.8 Å². The first-order valence-electron chi connectivity index (χ1n) is 7.71. The van der Waals surface area contributed by atoms with Gasteiger partial charge in [0.25, 0.3) is 0 Å². The molecular weight excluding hydrogens is 391 g/mol. The van der Waals surface area contributed by atoms with Crippen LogP contribution in [0.25, 0.3) is 17.1 Å². The fourth-order valence-corrected chi connectivity index (χ4v) is 2.34. The zero-order valence-corrected chi connectivity index (χ0v) is 15.9. The molecule has 1 unspecified atom stereocenters. The third kappa shape index (κ3) is 5.48. The van der Waals surface area contributed by atoms with Crippen molar-refractivity contribution in [3.8, 4) is 17.1 Å². The number of aliphatic carboxylic acids is 1. The van der Waals surface area contributed by atoms with Crippen molar-refractivity contribution in [1.29, 1.82) is 0 Å². The number of carbonyl (C=O) groups is 1. The first kappa shape index (κ1) is 22.5.